The zero-order valence-electron chi connectivity index (χ0n) is 27.7. The smallest absolute Gasteiger partial charge is 0.261 e. The number of carbonyl (C=O) groups excluding carboxylic acids is 1. The third-order valence-corrected chi connectivity index (χ3v) is 10.7. The molecule has 48 heavy (non-hydrogen) atoms. The predicted molar refractivity (Wildman–Crippen MR) is 192 cm³/mol. The van der Waals surface area contributed by atoms with E-state index in [4.69, 9.17) is 44.3 Å². The lowest BCUT2D eigenvalue weighted by molar-refractivity contribution is -0.0177. The van der Waals surface area contributed by atoms with Gasteiger partial charge in [0.15, 0.2) is 0 Å². The van der Waals surface area contributed by atoms with E-state index in [-0.39, 0.29) is 47.4 Å². The number of sulfonamides is 1. The molecule has 13 heteroatoms. The van der Waals surface area contributed by atoms with Crippen LogP contribution in [0.15, 0.2) is 65.6 Å². The van der Waals surface area contributed by atoms with E-state index < -0.39 is 22.0 Å². The molecular formula is C35H44Cl3N3O6S. The van der Waals surface area contributed by atoms with Crippen LogP contribution in [0.2, 0.25) is 15.1 Å². The molecular weight excluding hydrogens is 697 g/mol. The summed E-state index contributed by atoms with van der Waals surface area (Å²) >= 11 is 18.3. The third kappa shape index (κ3) is 10.5. The average Bonchev–Trinajstić information content (AvgIpc) is 3.04. The lowest BCUT2D eigenvalue weighted by atomic mass is 10.0. The number of fused-ring (bicyclic) bond motifs is 1. The molecule has 0 bridgehead atoms. The number of aliphatic hydroxyl groups is 1. The number of hydrogen-bond donors (Lipinski definition) is 2. The topological polar surface area (TPSA) is 108 Å². The van der Waals surface area contributed by atoms with E-state index in [1.807, 2.05) is 33.0 Å². The molecule has 3 aromatic carbocycles. The summed E-state index contributed by atoms with van der Waals surface area (Å²) in [4.78, 5) is 18.2. The van der Waals surface area contributed by atoms with E-state index in [1.165, 1.54) is 30.3 Å². The van der Waals surface area contributed by atoms with Gasteiger partial charge in [0.1, 0.15) is 5.75 Å². The minimum atomic E-state index is -3.97. The second-order valence-electron chi connectivity index (χ2n) is 12.5. The Morgan fingerprint density at radius 2 is 1.75 bits per heavy atom. The lowest BCUT2D eigenvalue weighted by Crippen LogP contribution is -2.47. The van der Waals surface area contributed by atoms with Crippen molar-refractivity contribution in [2.24, 2.45) is 5.92 Å². The van der Waals surface area contributed by atoms with Gasteiger partial charge in [0.05, 0.1) is 45.4 Å². The van der Waals surface area contributed by atoms with Crippen LogP contribution in [0, 0.1) is 5.92 Å². The number of nitrogens with one attached hydrogen (secondary N) is 1. The van der Waals surface area contributed by atoms with Crippen molar-refractivity contribution in [3.63, 3.8) is 0 Å². The number of likely N-dealkylation sites (N-methyl/N-ethyl adjacent to an activating group) is 1. The monoisotopic (exact) mass is 739 g/mol. The second kappa shape index (κ2) is 17.4. The quantitative estimate of drug-likeness (QED) is 0.236. The van der Waals surface area contributed by atoms with Gasteiger partial charge in [0, 0.05) is 42.9 Å². The van der Waals surface area contributed by atoms with E-state index >= 15 is 0 Å². The third-order valence-electron chi connectivity index (χ3n) is 8.36. The maximum atomic E-state index is 14.4. The molecule has 1 amide bonds. The van der Waals surface area contributed by atoms with Crippen molar-refractivity contribution in [2.75, 3.05) is 38.1 Å². The summed E-state index contributed by atoms with van der Waals surface area (Å²) < 4.78 is 41.7. The highest BCUT2D eigenvalue weighted by atomic mass is 35.5. The van der Waals surface area contributed by atoms with E-state index in [0.29, 0.717) is 40.5 Å². The van der Waals surface area contributed by atoms with Crippen LogP contribution in [-0.4, -0.2) is 80.8 Å². The largest absolute Gasteiger partial charge is 0.490 e. The average molecular weight is 741 g/mol. The summed E-state index contributed by atoms with van der Waals surface area (Å²) in [5.41, 5.74) is 1.40. The van der Waals surface area contributed by atoms with Crippen LogP contribution in [0.4, 0.5) is 5.69 Å². The van der Waals surface area contributed by atoms with Gasteiger partial charge in [-0.1, -0.05) is 47.8 Å². The van der Waals surface area contributed by atoms with E-state index in [9.17, 15) is 18.3 Å². The number of aliphatic hydroxyl groups excluding tert-OH is 1. The summed E-state index contributed by atoms with van der Waals surface area (Å²) in [6, 6.07) is 15.5. The van der Waals surface area contributed by atoms with Crippen LogP contribution in [0.3, 0.4) is 0 Å². The molecule has 0 saturated carbocycles. The molecule has 9 nitrogen and oxygen atoms in total. The van der Waals surface area contributed by atoms with Crippen LogP contribution in [0.1, 0.15) is 56.0 Å². The van der Waals surface area contributed by atoms with Crippen LogP contribution in [0.25, 0.3) is 0 Å². The fourth-order valence-corrected chi connectivity index (χ4v) is 7.09. The molecule has 0 radical (unpaired) electrons. The minimum absolute atomic E-state index is 0.0303. The van der Waals surface area contributed by atoms with Gasteiger partial charge in [-0.05, 0) is 100 Å². The Morgan fingerprint density at radius 3 is 2.44 bits per heavy atom. The highest BCUT2D eigenvalue weighted by Gasteiger charge is 2.31. The number of ether oxygens (including phenoxy) is 2. The van der Waals surface area contributed by atoms with Gasteiger partial charge in [-0.15, -0.1) is 0 Å². The number of amides is 1. The van der Waals surface area contributed by atoms with Crippen molar-refractivity contribution in [3.8, 4) is 5.75 Å². The van der Waals surface area contributed by atoms with E-state index in [2.05, 4.69) is 9.62 Å². The second-order valence-corrected chi connectivity index (χ2v) is 15.4. The molecule has 4 rings (SSSR count). The maximum Gasteiger partial charge on any atom is 0.261 e. The van der Waals surface area contributed by atoms with Crippen LogP contribution in [0.5, 0.6) is 5.75 Å². The Labute approximate surface area is 299 Å². The number of halogens is 3. The van der Waals surface area contributed by atoms with Crippen molar-refractivity contribution < 1.29 is 27.8 Å². The standard InChI is InChI=1S/C35H44Cl3N3O6S/c1-23-19-41(24(2)22-42)35(43)30-18-28(39-48(44,45)29-12-9-27(36)10-13-29)11-15-33(30)47-25(3)7-5-6-16-46-34(23)21-40(4)20-26-8-14-31(37)32(38)17-26/h8-15,17-18,23-25,34,39,42H,5-7,16,19-22H2,1-4H3/t23-,24+,25+,34-/m0/s1. The van der Waals surface area contributed by atoms with Crippen molar-refractivity contribution in [2.45, 2.75) is 69.7 Å². The number of carbonyl (C=O) groups is 1. The zero-order valence-corrected chi connectivity index (χ0v) is 30.7. The first-order valence-electron chi connectivity index (χ1n) is 16.0. The summed E-state index contributed by atoms with van der Waals surface area (Å²) in [6.07, 6.45) is 1.98. The first-order chi connectivity index (χ1) is 22.8. The van der Waals surface area contributed by atoms with E-state index in [0.717, 1.165) is 24.8 Å². The molecule has 0 aliphatic carbocycles. The molecule has 0 spiro atoms. The Kier molecular flexibility index (Phi) is 13.8. The molecule has 0 unspecified atom stereocenters. The summed E-state index contributed by atoms with van der Waals surface area (Å²) in [5, 5.41) is 11.6. The molecule has 262 valence electrons. The Bertz CT molecular complexity index is 1640. The minimum Gasteiger partial charge on any atom is -0.490 e. The Hall–Kier alpha value is -2.57. The summed E-state index contributed by atoms with van der Waals surface area (Å²) in [6.45, 7) is 7.52. The van der Waals surface area contributed by atoms with Gasteiger partial charge >= 0.3 is 0 Å². The van der Waals surface area contributed by atoms with Gasteiger partial charge < -0.3 is 19.5 Å². The number of anilines is 1. The predicted octanol–water partition coefficient (Wildman–Crippen LogP) is 7.38. The number of benzene rings is 3. The fourth-order valence-electron chi connectivity index (χ4n) is 5.60. The molecule has 1 heterocycles. The van der Waals surface area contributed by atoms with E-state index in [1.54, 1.807) is 30.0 Å². The van der Waals surface area contributed by atoms with Crippen LogP contribution >= 0.6 is 34.8 Å². The SMILES string of the molecule is C[C@@H]1CCCCO[C@@H](CN(C)Cc2ccc(Cl)c(Cl)c2)[C@@H](C)CN([C@H](C)CO)C(=O)c2cc(NS(=O)(=O)c3ccc(Cl)cc3)ccc2O1. The first-order valence-corrected chi connectivity index (χ1v) is 18.6. The number of nitrogens with zero attached hydrogens (tertiary/aromatic N) is 2. The van der Waals surface area contributed by atoms with Crippen LogP contribution < -0.4 is 9.46 Å². The number of rotatable bonds is 9. The Balaban J connectivity index is 1.63. The van der Waals surface area contributed by atoms with Crippen molar-refractivity contribution in [1.29, 1.82) is 0 Å². The van der Waals surface area contributed by atoms with Gasteiger partial charge in [0.25, 0.3) is 15.9 Å². The van der Waals surface area contributed by atoms with Crippen molar-refractivity contribution >= 4 is 56.4 Å². The molecule has 0 fully saturated rings. The van der Waals surface area contributed by atoms with Crippen LogP contribution in [-0.2, 0) is 21.3 Å². The molecule has 1 aliphatic heterocycles. The summed E-state index contributed by atoms with van der Waals surface area (Å²) in [7, 11) is -1.97. The molecule has 1 aliphatic rings. The molecule has 3 aromatic rings. The Morgan fingerprint density at radius 1 is 1.02 bits per heavy atom. The zero-order chi connectivity index (χ0) is 35.0. The highest BCUT2D eigenvalue weighted by molar-refractivity contribution is 7.92. The van der Waals surface area contributed by atoms with Crippen molar-refractivity contribution in [3.05, 3.63) is 86.9 Å². The molecule has 0 aromatic heterocycles. The van der Waals surface area contributed by atoms with Gasteiger partial charge in [-0.2, -0.15) is 0 Å². The fraction of sp³-hybridized carbons (Fsp3) is 0.457. The summed E-state index contributed by atoms with van der Waals surface area (Å²) in [5.74, 6) is -0.175. The molecule has 4 atom stereocenters. The normalized spacial score (nSPS) is 20.5. The maximum absolute atomic E-state index is 14.4. The molecule has 2 N–H and O–H groups in total. The number of hydrogen-bond acceptors (Lipinski definition) is 7. The lowest BCUT2D eigenvalue weighted by Gasteiger charge is -2.36. The van der Waals surface area contributed by atoms with Gasteiger partial charge in [0.2, 0.25) is 0 Å². The van der Waals surface area contributed by atoms with Crippen molar-refractivity contribution in [1.82, 2.24) is 9.80 Å². The van der Waals surface area contributed by atoms with Gasteiger partial charge in [-0.3, -0.25) is 14.4 Å². The molecule has 0 saturated heterocycles. The first kappa shape index (κ1) is 38.2. The highest BCUT2D eigenvalue weighted by Crippen LogP contribution is 2.30. The van der Waals surface area contributed by atoms with Gasteiger partial charge in [-0.25, -0.2) is 8.42 Å².